The Hall–Kier alpha value is -3.39. The van der Waals surface area contributed by atoms with Crippen LogP contribution < -0.4 is 16.1 Å². The van der Waals surface area contributed by atoms with Gasteiger partial charge in [0.25, 0.3) is 5.56 Å². The van der Waals surface area contributed by atoms with E-state index in [-0.39, 0.29) is 11.2 Å². The molecule has 0 atom stereocenters. The Balaban J connectivity index is 1.29. The molecule has 0 saturated carbocycles. The van der Waals surface area contributed by atoms with Crippen LogP contribution in [-0.2, 0) is 13.1 Å². The summed E-state index contributed by atoms with van der Waals surface area (Å²) in [7, 11) is 0. The molecule has 3 heterocycles. The van der Waals surface area contributed by atoms with Crippen molar-refractivity contribution in [3.8, 4) is 0 Å². The van der Waals surface area contributed by atoms with Crippen LogP contribution in [0.25, 0.3) is 21.8 Å². The molecule has 1 aliphatic heterocycles. The van der Waals surface area contributed by atoms with E-state index in [0.29, 0.717) is 17.4 Å². The summed E-state index contributed by atoms with van der Waals surface area (Å²) in [6.45, 7) is 6.77. The summed E-state index contributed by atoms with van der Waals surface area (Å²) in [5.74, 6) is 0. The van der Waals surface area contributed by atoms with Gasteiger partial charge in [-0.15, -0.1) is 0 Å². The lowest BCUT2D eigenvalue weighted by Crippen LogP contribution is -2.46. The molecule has 2 N–H and O–H groups in total. The molecule has 8 nitrogen and oxygen atoms in total. The quantitative estimate of drug-likeness (QED) is 0.542. The summed E-state index contributed by atoms with van der Waals surface area (Å²) in [6, 6.07) is 12.1. The first kappa shape index (κ1) is 18.6. The third-order valence-corrected chi connectivity index (χ3v) is 5.93. The minimum atomic E-state index is -0.352. The maximum atomic E-state index is 12.4. The number of nitrogens with zero attached hydrogens (tertiary/aromatic N) is 4. The van der Waals surface area contributed by atoms with E-state index in [1.165, 1.54) is 10.3 Å². The van der Waals surface area contributed by atoms with E-state index in [1.807, 2.05) is 24.4 Å². The molecule has 8 heteroatoms. The zero-order valence-corrected chi connectivity index (χ0v) is 16.9. The lowest BCUT2D eigenvalue weighted by molar-refractivity contribution is 0.250. The van der Waals surface area contributed by atoms with Crippen LogP contribution in [0.2, 0.25) is 0 Å². The normalized spacial score (nSPS) is 15.3. The number of rotatable bonds is 4. The molecular formula is C22H24N6O2. The van der Waals surface area contributed by atoms with Crippen LogP contribution in [0.1, 0.15) is 12.5 Å². The summed E-state index contributed by atoms with van der Waals surface area (Å²) in [5, 5.41) is 8.77. The predicted octanol–water partition coefficient (Wildman–Crippen LogP) is 1.91. The number of hydrogen-bond acceptors (Lipinski definition) is 5. The number of nitrogens with one attached hydrogen (secondary N) is 2. The lowest BCUT2D eigenvalue weighted by Gasteiger charge is -2.36. The largest absolute Gasteiger partial charge is 0.369 e. The molecule has 0 amide bonds. The maximum absolute atomic E-state index is 12.4. The second kappa shape index (κ2) is 7.46. The van der Waals surface area contributed by atoms with Gasteiger partial charge in [0.15, 0.2) is 0 Å². The number of benzene rings is 2. The molecule has 2 aromatic heterocycles. The Morgan fingerprint density at radius 3 is 2.63 bits per heavy atom. The van der Waals surface area contributed by atoms with Gasteiger partial charge in [0, 0.05) is 50.3 Å². The molecule has 30 heavy (non-hydrogen) atoms. The van der Waals surface area contributed by atoms with Gasteiger partial charge in [0.1, 0.15) is 0 Å². The maximum Gasteiger partial charge on any atom is 0.328 e. The number of aromatic amines is 2. The summed E-state index contributed by atoms with van der Waals surface area (Å²) >= 11 is 0. The Morgan fingerprint density at radius 1 is 1.00 bits per heavy atom. The summed E-state index contributed by atoms with van der Waals surface area (Å²) in [4.78, 5) is 32.2. The molecule has 2 aromatic carbocycles. The highest BCUT2D eigenvalue weighted by atomic mass is 16.2. The van der Waals surface area contributed by atoms with Crippen molar-refractivity contribution in [1.82, 2.24) is 24.6 Å². The highest BCUT2D eigenvalue weighted by molar-refractivity contribution is 5.82. The second-order valence-electron chi connectivity index (χ2n) is 7.76. The second-order valence-corrected chi connectivity index (χ2v) is 7.76. The first-order valence-electron chi connectivity index (χ1n) is 10.3. The topological polar surface area (TPSA) is 90.0 Å². The Labute approximate surface area is 172 Å². The van der Waals surface area contributed by atoms with Crippen LogP contribution in [0.5, 0.6) is 0 Å². The number of anilines is 1. The van der Waals surface area contributed by atoms with Crippen molar-refractivity contribution in [2.24, 2.45) is 0 Å². The molecule has 0 radical (unpaired) electrons. The lowest BCUT2D eigenvalue weighted by atomic mass is 10.1. The molecule has 4 aromatic rings. The van der Waals surface area contributed by atoms with Gasteiger partial charge >= 0.3 is 5.69 Å². The Morgan fingerprint density at radius 2 is 1.83 bits per heavy atom. The molecule has 0 unspecified atom stereocenters. The predicted molar refractivity (Wildman–Crippen MR) is 118 cm³/mol. The van der Waals surface area contributed by atoms with Gasteiger partial charge in [-0.3, -0.25) is 19.4 Å². The summed E-state index contributed by atoms with van der Waals surface area (Å²) in [5.41, 5.74) is 3.40. The van der Waals surface area contributed by atoms with E-state index in [0.717, 1.165) is 49.2 Å². The highest BCUT2D eigenvalue weighted by Crippen LogP contribution is 2.22. The van der Waals surface area contributed by atoms with Gasteiger partial charge in [-0.25, -0.2) is 4.79 Å². The van der Waals surface area contributed by atoms with Crippen LogP contribution in [0, 0.1) is 0 Å². The van der Waals surface area contributed by atoms with Crippen molar-refractivity contribution < 1.29 is 0 Å². The van der Waals surface area contributed by atoms with Crippen molar-refractivity contribution in [2.75, 3.05) is 31.1 Å². The van der Waals surface area contributed by atoms with Crippen LogP contribution in [0.4, 0.5) is 5.69 Å². The van der Waals surface area contributed by atoms with E-state index in [1.54, 1.807) is 6.92 Å². The zero-order chi connectivity index (χ0) is 20.7. The van der Waals surface area contributed by atoms with Gasteiger partial charge < -0.3 is 9.88 Å². The van der Waals surface area contributed by atoms with Crippen LogP contribution in [-0.4, -0.2) is 50.8 Å². The van der Waals surface area contributed by atoms with Crippen molar-refractivity contribution in [1.29, 1.82) is 0 Å². The van der Waals surface area contributed by atoms with Gasteiger partial charge in [0.2, 0.25) is 0 Å². The summed E-state index contributed by atoms with van der Waals surface area (Å²) < 4.78 is 1.22. The number of H-pyrrole nitrogens is 2. The van der Waals surface area contributed by atoms with Crippen molar-refractivity contribution in [2.45, 2.75) is 20.0 Å². The number of aromatic nitrogens is 4. The molecule has 154 valence electrons. The van der Waals surface area contributed by atoms with Gasteiger partial charge in [0.05, 0.1) is 22.6 Å². The van der Waals surface area contributed by atoms with E-state index >= 15 is 0 Å². The minimum absolute atomic E-state index is 0.231. The SMILES string of the molecule is CCn1c(=O)[nH]c2cc(CN3CCN(c4ccc5[nH]ncc5c4)CC3)ccc2c1=O. The fourth-order valence-electron chi connectivity index (χ4n) is 4.24. The molecule has 1 saturated heterocycles. The van der Waals surface area contributed by atoms with Gasteiger partial charge in [-0.05, 0) is 42.8 Å². The fraction of sp³-hybridized carbons (Fsp3) is 0.318. The monoisotopic (exact) mass is 404 g/mol. The van der Waals surface area contributed by atoms with Crippen molar-refractivity contribution >= 4 is 27.5 Å². The van der Waals surface area contributed by atoms with Crippen LogP contribution in [0.3, 0.4) is 0 Å². The third kappa shape index (κ3) is 3.29. The highest BCUT2D eigenvalue weighted by Gasteiger charge is 2.18. The van der Waals surface area contributed by atoms with Crippen LogP contribution >= 0.6 is 0 Å². The molecule has 0 aliphatic carbocycles. The van der Waals surface area contributed by atoms with Gasteiger partial charge in [-0.2, -0.15) is 5.10 Å². The number of hydrogen-bond donors (Lipinski definition) is 2. The average molecular weight is 404 g/mol. The molecule has 5 rings (SSSR count). The number of piperazine rings is 1. The minimum Gasteiger partial charge on any atom is -0.369 e. The van der Waals surface area contributed by atoms with E-state index in [4.69, 9.17) is 0 Å². The van der Waals surface area contributed by atoms with E-state index in [9.17, 15) is 9.59 Å². The standard InChI is InChI=1S/C22H24N6O2/c1-2-28-21(29)18-5-3-15(11-20(18)24-22(28)30)14-26-7-9-27(10-8-26)17-4-6-19-16(12-17)13-23-25-19/h3-6,11-13H,2,7-10,14H2,1H3,(H,23,25)(H,24,30). The molecule has 1 aliphatic rings. The summed E-state index contributed by atoms with van der Waals surface area (Å²) in [6.07, 6.45) is 1.86. The van der Waals surface area contributed by atoms with Gasteiger partial charge in [-0.1, -0.05) is 6.07 Å². The zero-order valence-electron chi connectivity index (χ0n) is 16.9. The Kier molecular flexibility index (Phi) is 4.63. The molecular weight excluding hydrogens is 380 g/mol. The number of fused-ring (bicyclic) bond motifs is 2. The van der Waals surface area contributed by atoms with Crippen LogP contribution in [0.15, 0.2) is 52.2 Å². The van der Waals surface area contributed by atoms with E-state index < -0.39 is 0 Å². The fourth-order valence-corrected chi connectivity index (χ4v) is 4.24. The first-order valence-corrected chi connectivity index (χ1v) is 10.3. The third-order valence-electron chi connectivity index (χ3n) is 5.93. The molecule has 0 spiro atoms. The molecule has 1 fully saturated rings. The van der Waals surface area contributed by atoms with Crippen molar-refractivity contribution in [3.05, 3.63) is 69.0 Å². The first-order chi connectivity index (χ1) is 14.6. The van der Waals surface area contributed by atoms with E-state index in [2.05, 4.69) is 43.2 Å². The smallest absolute Gasteiger partial charge is 0.328 e. The Bertz CT molecular complexity index is 1330. The molecule has 0 bridgehead atoms. The van der Waals surface area contributed by atoms with Crippen molar-refractivity contribution in [3.63, 3.8) is 0 Å². The average Bonchev–Trinajstić information content (AvgIpc) is 3.22.